The van der Waals surface area contributed by atoms with Crippen molar-refractivity contribution in [2.24, 2.45) is 4.99 Å². The lowest BCUT2D eigenvalue weighted by molar-refractivity contribution is -0.385. The third kappa shape index (κ3) is 12.5. The molecule has 0 aliphatic carbocycles. The van der Waals surface area contributed by atoms with Gasteiger partial charge in [0.25, 0.3) is 11.4 Å². The number of halogens is 6. The van der Waals surface area contributed by atoms with E-state index in [1.165, 1.54) is 25.1 Å². The van der Waals surface area contributed by atoms with Gasteiger partial charge in [0.15, 0.2) is 0 Å². The Labute approximate surface area is 289 Å². The standard InChI is InChI=1S/C15H15F3N4O4.C11H8F3N3O3.C4H7NO/c1-3-6-19-14(23)21-9(2)7-13(20-21)26-12-5-4-10(22(24)25)8-11(12)15(16,17)18;1-6-4-10(16-15-6)20-9-3-2-7(17(18)19)5-8(9)11(12,13)14;1-2-3-5-4-6/h4-5,7-8H,3,6H2,1-2H3,(H,19,23);2-5H,1H3,(H,15,16);2-3H2,1H3. The van der Waals surface area contributed by atoms with E-state index in [4.69, 9.17) is 9.47 Å². The zero-order chi connectivity index (χ0) is 39.2. The molecule has 16 nitrogen and oxygen atoms in total. The first-order valence-corrected chi connectivity index (χ1v) is 14.8. The monoisotopic (exact) mass is 744 g/mol. The fraction of sp³-hybridized carbons (Fsp3) is 0.333. The number of ether oxygens (including phenoxy) is 2. The number of benzene rings is 2. The van der Waals surface area contributed by atoms with Crippen molar-refractivity contribution < 1.29 is 55.3 Å². The van der Waals surface area contributed by atoms with Crippen LogP contribution in [0.15, 0.2) is 53.5 Å². The lowest BCUT2D eigenvalue weighted by Crippen LogP contribution is -2.30. The number of alkyl halides is 6. The average Bonchev–Trinajstić information content (AvgIpc) is 3.65. The van der Waals surface area contributed by atoms with Crippen LogP contribution in [0.1, 0.15) is 49.2 Å². The first-order valence-electron chi connectivity index (χ1n) is 14.8. The molecule has 0 aliphatic rings. The average molecular weight is 745 g/mol. The molecule has 280 valence electrons. The van der Waals surface area contributed by atoms with Gasteiger partial charge in [0.05, 0.1) is 22.1 Å². The van der Waals surface area contributed by atoms with Crippen LogP contribution >= 0.6 is 0 Å². The van der Waals surface area contributed by atoms with Crippen molar-refractivity contribution >= 4 is 23.5 Å². The third-order valence-corrected chi connectivity index (χ3v) is 6.05. The van der Waals surface area contributed by atoms with Gasteiger partial charge in [-0.25, -0.2) is 14.6 Å². The Bertz CT molecular complexity index is 1900. The molecule has 0 atom stereocenters. The van der Waals surface area contributed by atoms with Crippen molar-refractivity contribution in [2.45, 2.75) is 52.9 Å². The van der Waals surface area contributed by atoms with Crippen LogP contribution in [0.5, 0.6) is 23.3 Å². The first kappa shape index (κ1) is 41.9. The summed E-state index contributed by atoms with van der Waals surface area (Å²) in [6.07, 6.45) is -6.56. The van der Waals surface area contributed by atoms with E-state index in [2.05, 4.69) is 25.6 Å². The predicted octanol–water partition coefficient (Wildman–Crippen LogP) is 8.05. The van der Waals surface area contributed by atoms with E-state index in [1.54, 1.807) is 6.92 Å². The van der Waals surface area contributed by atoms with Crippen LogP contribution in [0, 0.1) is 34.1 Å². The van der Waals surface area contributed by atoms with Gasteiger partial charge in [0.1, 0.15) is 22.6 Å². The Morgan fingerprint density at radius 1 is 0.885 bits per heavy atom. The molecule has 2 N–H and O–H groups in total. The smallest absolute Gasteiger partial charge is 0.420 e. The van der Waals surface area contributed by atoms with Crippen molar-refractivity contribution in [3.05, 3.63) is 91.3 Å². The van der Waals surface area contributed by atoms with Gasteiger partial charge in [-0.1, -0.05) is 13.8 Å². The van der Waals surface area contributed by atoms with Gasteiger partial charge >= 0.3 is 18.4 Å². The quantitative estimate of drug-likeness (QED) is 0.0524. The predicted molar refractivity (Wildman–Crippen MR) is 169 cm³/mol. The molecule has 2 heterocycles. The number of carbonyl (C=O) groups is 1. The number of nitrogens with one attached hydrogen (secondary N) is 2. The summed E-state index contributed by atoms with van der Waals surface area (Å²) in [5.74, 6) is -1.49. The number of isocyanates is 1. The first-order chi connectivity index (χ1) is 24.3. The highest BCUT2D eigenvalue weighted by Gasteiger charge is 2.37. The fourth-order valence-electron chi connectivity index (χ4n) is 3.72. The Morgan fingerprint density at radius 2 is 1.40 bits per heavy atom. The number of aliphatic imine (C=N–C) groups is 1. The van der Waals surface area contributed by atoms with Gasteiger partial charge in [-0.3, -0.25) is 25.3 Å². The number of nitro groups is 2. The molecule has 4 aromatic rings. The highest BCUT2D eigenvalue weighted by molar-refractivity contribution is 5.76. The van der Waals surface area contributed by atoms with Gasteiger partial charge in [-0.15, -0.1) is 10.2 Å². The van der Waals surface area contributed by atoms with Gasteiger partial charge < -0.3 is 14.8 Å². The number of aromatic amines is 1. The number of rotatable bonds is 10. The van der Waals surface area contributed by atoms with E-state index in [1.807, 2.05) is 13.8 Å². The Balaban J connectivity index is 0.000000319. The van der Waals surface area contributed by atoms with Crippen LogP contribution in [0.2, 0.25) is 0 Å². The largest absolute Gasteiger partial charge is 0.437 e. The summed E-state index contributed by atoms with van der Waals surface area (Å²) in [6.45, 7) is 8.03. The molecule has 2 aromatic carbocycles. The van der Waals surface area contributed by atoms with Crippen molar-refractivity contribution in [3.8, 4) is 23.3 Å². The molecule has 0 fully saturated rings. The molecule has 0 bridgehead atoms. The highest BCUT2D eigenvalue weighted by atomic mass is 19.4. The molecule has 4 rings (SSSR count). The van der Waals surface area contributed by atoms with E-state index in [0.29, 0.717) is 43.0 Å². The maximum Gasteiger partial charge on any atom is 0.420 e. The van der Waals surface area contributed by atoms with E-state index in [0.717, 1.165) is 35.4 Å². The van der Waals surface area contributed by atoms with Crippen molar-refractivity contribution in [1.29, 1.82) is 0 Å². The minimum absolute atomic E-state index is 0.0538. The lowest BCUT2D eigenvalue weighted by Gasteiger charge is -2.12. The number of hydrogen-bond donors (Lipinski definition) is 2. The van der Waals surface area contributed by atoms with Gasteiger partial charge in [0.2, 0.25) is 17.8 Å². The maximum atomic E-state index is 13.2. The van der Waals surface area contributed by atoms with Crippen LogP contribution < -0.4 is 14.8 Å². The van der Waals surface area contributed by atoms with Gasteiger partial charge in [-0.05, 0) is 38.8 Å². The van der Waals surface area contributed by atoms with Gasteiger partial charge in [0, 0.05) is 48.6 Å². The number of aromatic nitrogens is 4. The highest BCUT2D eigenvalue weighted by Crippen LogP contribution is 2.41. The summed E-state index contributed by atoms with van der Waals surface area (Å²) < 4.78 is 89.2. The molecular formula is C30H30F6N8O8. The van der Waals surface area contributed by atoms with Crippen molar-refractivity contribution in [3.63, 3.8) is 0 Å². The number of non-ortho nitro benzene ring substituents is 2. The number of aryl methyl sites for hydroxylation is 2. The summed E-state index contributed by atoms with van der Waals surface area (Å²) in [7, 11) is 0. The zero-order valence-electron chi connectivity index (χ0n) is 27.7. The molecule has 1 amide bonds. The van der Waals surface area contributed by atoms with E-state index in [-0.39, 0.29) is 11.8 Å². The summed E-state index contributed by atoms with van der Waals surface area (Å²) in [4.78, 5) is 43.9. The second-order valence-electron chi connectivity index (χ2n) is 10.2. The van der Waals surface area contributed by atoms with Crippen molar-refractivity contribution in [2.75, 3.05) is 13.1 Å². The molecular weight excluding hydrogens is 714 g/mol. The van der Waals surface area contributed by atoms with Crippen LogP contribution in [0.3, 0.4) is 0 Å². The lowest BCUT2D eigenvalue weighted by atomic mass is 10.1. The molecule has 0 saturated carbocycles. The zero-order valence-corrected chi connectivity index (χ0v) is 27.7. The molecule has 0 aliphatic heterocycles. The van der Waals surface area contributed by atoms with E-state index < -0.39 is 62.2 Å². The third-order valence-electron chi connectivity index (χ3n) is 6.05. The van der Waals surface area contributed by atoms with Crippen LogP contribution in [-0.4, -0.2) is 55.0 Å². The second-order valence-corrected chi connectivity index (χ2v) is 10.2. The minimum atomic E-state index is -4.86. The number of hydrogen-bond acceptors (Lipinski definition) is 11. The number of nitro benzene ring substituents is 2. The fourth-order valence-corrected chi connectivity index (χ4v) is 3.72. The number of carbonyl (C=O) groups excluding carboxylic acids is 2. The van der Waals surface area contributed by atoms with Crippen molar-refractivity contribution in [1.82, 2.24) is 25.3 Å². The Kier molecular flexibility index (Phi) is 15.0. The maximum absolute atomic E-state index is 13.2. The second kappa shape index (κ2) is 18.6. The summed E-state index contributed by atoms with van der Waals surface area (Å²) in [6, 6.07) is 6.51. The summed E-state index contributed by atoms with van der Waals surface area (Å²) in [5, 5.41) is 33.8. The SMILES string of the molecule is CCCN=C=O.CCCNC(=O)n1nc(Oc2ccc([N+](=O)[O-])cc2C(F)(F)F)cc1C.Cc1cc(Oc2ccc([N+](=O)[O-])cc2C(F)(F)F)n[nH]1. The molecule has 2 aromatic heterocycles. The topological polar surface area (TPSA) is 210 Å². The molecule has 52 heavy (non-hydrogen) atoms. The minimum Gasteiger partial charge on any atom is -0.437 e. The molecule has 22 heteroatoms. The number of nitrogens with zero attached hydrogens (tertiary/aromatic N) is 6. The molecule has 0 radical (unpaired) electrons. The normalized spacial score (nSPS) is 10.8. The molecule has 0 spiro atoms. The summed E-state index contributed by atoms with van der Waals surface area (Å²) >= 11 is 0. The number of H-pyrrole nitrogens is 1. The van der Waals surface area contributed by atoms with Gasteiger partial charge in [-0.2, -0.15) is 31.0 Å². The Hall–Kier alpha value is -6.31. The number of amides is 1. The van der Waals surface area contributed by atoms with Crippen LogP contribution in [-0.2, 0) is 17.1 Å². The van der Waals surface area contributed by atoms with E-state index in [9.17, 15) is 56.2 Å². The Morgan fingerprint density at radius 3 is 1.79 bits per heavy atom. The van der Waals surface area contributed by atoms with Crippen LogP contribution in [0.4, 0.5) is 42.5 Å². The molecule has 0 saturated heterocycles. The summed E-state index contributed by atoms with van der Waals surface area (Å²) in [5.41, 5.74) is -2.96. The van der Waals surface area contributed by atoms with E-state index >= 15 is 0 Å². The molecule has 0 unspecified atom stereocenters. The van der Waals surface area contributed by atoms with Crippen LogP contribution in [0.25, 0.3) is 0 Å².